The van der Waals surface area contributed by atoms with E-state index < -0.39 is 6.16 Å². The Hall–Kier alpha value is -1.16. The topological polar surface area (TPSA) is 35.5 Å². The third kappa shape index (κ3) is 3.70. The van der Waals surface area contributed by atoms with Gasteiger partial charge in [-0.15, -0.1) is 0 Å². The van der Waals surface area contributed by atoms with Crippen LogP contribution >= 0.6 is 12.6 Å². The smallest absolute Gasteiger partial charge is 0.433 e. The van der Waals surface area contributed by atoms with Gasteiger partial charge in [-0.05, 0) is 19.1 Å². The van der Waals surface area contributed by atoms with Crippen molar-refractivity contribution in [2.75, 3.05) is 12.4 Å². The van der Waals surface area contributed by atoms with Crippen molar-refractivity contribution in [3.63, 3.8) is 0 Å². The molecule has 0 aliphatic heterocycles. The Morgan fingerprint density at radius 2 is 2.00 bits per heavy atom. The first-order valence-corrected chi connectivity index (χ1v) is 4.88. The van der Waals surface area contributed by atoms with Crippen molar-refractivity contribution in [1.82, 2.24) is 0 Å². The summed E-state index contributed by atoms with van der Waals surface area (Å²) in [5.41, 5.74) is 1.11. The van der Waals surface area contributed by atoms with Gasteiger partial charge in [0.1, 0.15) is 12.4 Å². The van der Waals surface area contributed by atoms with E-state index in [9.17, 15) is 4.79 Å². The molecule has 0 bridgehead atoms. The maximum Gasteiger partial charge on any atom is 0.513 e. The van der Waals surface area contributed by atoms with E-state index in [1.807, 2.05) is 19.1 Å². The van der Waals surface area contributed by atoms with Crippen molar-refractivity contribution in [1.29, 1.82) is 0 Å². The van der Waals surface area contributed by atoms with Crippen LogP contribution in [-0.4, -0.2) is 18.5 Å². The molecule has 1 aromatic rings. The minimum absolute atomic E-state index is 0.258. The van der Waals surface area contributed by atoms with Gasteiger partial charge in [-0.2, -0.15) is 12.6 Å². The second kappa shape index (κ2) is 5.54. The molecule has 0 heterocycles. The molecule has 0 amide bonds. The maximum absolute atomic E-state index is 11.0. The summed E-state index contributed by atoms with van der Waals surface area (Å²) in [4.78, 5) is 11.0. The predicted octanol–water partition coefficient (Wildman–Crippen LogP) is 2.44. The highest BCUT2D eigenvalue weighted by atomic mass is 32.1. The van der Waals surface area contributed by atoms with Crippen LogP contribution in [-0.2, 0) is 4.74 Å². The SMILES string of the molecule is Cc1ccc(OC(=O)OCCS)cc1. The Balaban J connectivity index is 2.44. The van der Waals surface area contributed by atoms with Gasteiger partial charge in [0.2, 0.25) is 0 Å². The molecule has 3 nitrogen and oxygen atoms in total. The molecule has 0 saturated heterocycles. The quantitative estimate of drug-likeness (QED) is 0.475. The van der Waals surface area contributed by atoms with Crippen molar-refractivity contribution in [2.24, 2.45) is 0 Å². The second-order valence-electron chi connectivity index (χ2n) is 2.74. The van der Waals surface area contributed by atoms with Crippen LogP contribution < -0.4 is 4.74 Å². The summed E-state index contributed by atoms with van der Waals surface area (Å²) in [5.74, 6) is 0.975. The molecule has 0 fully saturated rings. The molecule has 0 N–H and O–H groups in total. The number of aryl methyl sites for hydroxylation is 1. The monoisotopic (exact) mass is 212 g/mol. The van der Waals surface area contributed by atoms with Gasteiger partial charge >= 0.3 is 6.16 Å². The lowest BCUT2D eigenvalue weighted by Crippen LogP contribution is -2.11. The zero-order valence-corrected chi connectivity index (χ0v) is 8.79. The lowest BCUT2D eigenvalue weighted by molar-refractivity contribution is 0.105. The highest BCUT2D eigenvalue weighted by molar-refractivity contribution is 7.80. The Morgan fingerprint density at radius 1 is 1.36 bits per heavy atom. The molecular weight excluding hydrogens is 200 g/mol. The first kappa shape index (κ1) is 10.9. The van der Waals surface area contributed by atoms with Crippen molar-refractivity contribution in [3.05, 3.63) is 29.8 Å². The fourth-order valence-corrected chi connectivity index (χ4v) is 0.952. The van der Waals surface area contributed by atoms with Gasteiger partial charge in [0.25, 0.3) is 0 Å². The molecular formula is C10H12O3S. The summed E-state index contributed by atoms with van der Waals surface area (Å²) in [6.07, 6.45) is -0.692. The van der Waals surface area contributed by atoms with Gasteiger partial charge in [0.15, 0.2) is 0 Å². The Morgan fingerprint density at radius 3 is 2.57 bits per heavy atom. The standard InChI is InChI=1S/C10H12O3S/c1-8-2-4-9(5-3-8)13-10(11)12-6-7-14/h2-5,14H,6-7H2,1H3. The van der Waals surface area contributed by atoms with E-state index in [-0.39, 0.29) is 6.61 Å². The second-order valence-corrected chi connectivity index (χ2v) is 3.18. The summed E-state index contributed by atoms with van der Waals surface area (Å²) < 4.78 is 9.56. The number of carbonyl (C=O) groups is 1. The van der Waals surface area contributed by atoms with E-state index in [1.165, 1.54) is 0 Å². The summed E-state index contributed by atoms with van der Waals surface area (Å²) >= 11 is 3.90. The number of ether oxygens (including phenoxy) is 2. The molecule has 76 valence electrons. The first-order chi connectivity index (χ1) is 6.72. The van der Waals surface area contributed by atoms with E-state index in [2.05, 4.69) is 17.4 Å². The van der Waals surface area contributed by atoms with Crippen LogP contribution in [0.2, 0.25) is 0 Å². The van der Waals surface area contributed by atoms with Gasteiger partial charge in [-0.3, -0.25) is 0 Å². The van der Waals surface area contributed by atoms with Crippen molar-refractivity contribution in [3.8, 4) is 5.75 Å². The fourth-order valence-electron chi connectivity index (χ4n) is 0.861. The lowest BCUT2D eigenvalue weighted by atomic mass is 10.2. The highest BCUT2D eigenvalue weighted by Gasteiger charge is 2.04. The molecule has 0 aromatic heterocycles. The third-order valence-electron chi connectivity index (χ3n) is 1.53. The minimum Gasteiger partial charge on any atom is -0.433 e. The van der Waals surface area contributed by atoms with E-state index in [4.69, 9.17) is 4.74 Å². The average molecular weight is 212 g/mol. The molecule has 0 saturated carbocycles. The number of hydrogen-bond acceptors (Lipinski definition) is 4. The number of rotatable bonds is 3. The van der Waals surface area contributed by atoms with Crippen LogP contribution in [0.4, 0.5) is 4.79 Å². The molecule has 4 heteroatoms. The third-order valence-corrected chi connectivity index (χ3v) is 1.72. The van der Waals surface area contributed by atoms with E-state index in [0.29, 0.717) is 11.5 Å². The van der Waals surface area contributed by atoms with Crippen LogP contribution in [0.1, 0.15) is 5.56 Å². The van der Waals surface area contributed by atoms with Gasteiger partial charge in [-0.25, -0.2) is 4.79 Å². The summed E-state index contributed by atoms with van der Waals surface area (Å²) in [6, 6.07) is 7.16. The van der Waals surface area contributed by atoms with Crippen molar-refractivity contribution < 1.29 is 14.3 Å². The van der Waals surface area contributed by atoms with Crippen LogP contribution in [0.15, 0.2) is 24.3 Å². The molecule has 0 spiro atoms. The predicted molar refractivity (Wildman–Crippen MR) is 57.0 cm³/mol. The van der Waals surface area contributed by atoms with Crippen LogP contribution in [0.5, 0.6) is 5.75 Å². The van der Waals surface area contributed by atoms with Gasteiger partial charge in [0, 0.05) is 5.75 Å². The first-order valence-electron chi connectivity index (χ1n) is 4.24. The zero-order valence-electron chi connectivity index (χ0n) is 7.90. The van der Waals surface area contributed by atoms with Gasteiger partial charge in [-0.1, -0.05) is 17.7 Å². The molecule has 0 atom stereocenters. The number of thiol groups is 1. The highest BCUT2D eigenvalue weighted by Crippen LogP contribution is 2.11. The Labute approximate surface area is 88.4 Å². The normalized spacial score (nSPS) is 9.57. The number of benzene rings is 1. The summed E-state index contributed by atoms with van der Waals surface area (Å²) in [6.45, 7) is 2.22. The van der Waals surface area contributed by atoms with E-state index in [0.717, 1.165) is 5.56 Å². The number of carbonyl (C=O) groups excluding carboxylic acids is 1. The minimum atomic E-state index is -0.692. The Kier molecular flexibility index (Phi) is 4.32. The summed E-state index contributed by atoms with van der Waals surface area (Å²) in [7, 11) is 0. The van der Waals surface area contributed by atoms with Crippen LogP contribution in [0, 0.1) is 6.92 Å². The van der Waals surface area contributed by atoms with Crippen LogP contribution in [0.25, 0.3) is 0 Å². The molecule has 0 radical (unpaired) electrons. The maximum atomic E-state index is 11.0. The fraction of sp³-hybridized carbons (Fsp3) is 0.300. The molecule has 0 aliphatic carbocycles. The van der Waals surface area contributed by atoms with Gasteiger partial charge in [0.05, 0.1) is 0 Å². The molecule has 0 unspecified atom stereocenters. The largest absolute Gasteiger partial charge is 0.513 e. The van der Waals surface area contributed by atoms with E-state index >= 15 is 0 Å². The number of hydrogen-bond donors (Lipinski definition) is 1. The molecule has 0 aliphatic rings. The Bertz CT molecular complexity index is 295. The zero-order chi connectivity index (χ0) is 10.4. The lowest BCUT2D eigenvalue weighted by Gasteiger charge is -2.04. The van der Waals surface area contributed by atoms with Gasteiger partial charge < -0.3 is 9.47 Å². The summed E-state index contributed by atoms with van der Waals surface area (Å²) in [5, 5.41) is 0. The molecule has 14 heavy (non-hydrogen) atoms. The van der Waals surface area contributed by atoms with E-state index in [1.54, 1.807) is 12.1 Å². The van der Waals surface area contributed by atoms with Crippen LogP contribution in [0.3, 0.4) is 0 Å². The average Bonchev–Trinajstić information content (AvgIpc) is 2.18. The van der Waals surface area contributed by atoms with Crippen molar-refractivity contribution >= 4 is 18.8 Å². The molecule has 1 aromatic carbocycles. The van der Waals surface area contributed by atoms with Crippen molar-refractivity contribution in [2.45, 2.75) is 6.92 Å². The molecule has 1 rings (SSSR count).